The summed E-state index contributed by atoms with van der Waals surface area (Å²) in [5.74, 6) is 1.65. The van der Waals surface area contributed by atoms with Gasteiger partial charge in [0, 0.05) is 23.8 Å². The molecular weight excluding hydrogens is 354 g/mol. The number of amides is 1. The quantitative estimate of drug-likeness (QED) is 0.715. The molecule has 7 rings (SSSR count). The molecule has 5 aliphatic rings. The fourth-order valence-corrected chi connectivity index (χ4v) is 7.59. The minimum atomic E-state index is 0.0515. The van der Waals surface area contributed by atoms with Gasteiger partial charge in [-0.15, -0.1) is 0 Å². The molecule has 4 bridgehead atoms. The molecule has 0 aromatic heterocycles. The molecule has 150 valence electrons. The maximum absolute atomic E-state index is 13.7. The third-order valence-electron chi connectivity index (χ3n) is 9.75. The zero-order valence-corrected chi connectivity index (χ0v) is 17.7. The van der Waals surface area contributed by atoms with E-state index in [1.165, 1.54) is 35.1 Å². The van der Waals surface area contributed by atoms with Gasteiger partial charge >= 0.3 is 0 Å². The highest BCUT2D eigenvalue weighted by atomic mass is 16.2. The van der Waals surface area contributed by atoms with Gasteiger partial charge in [0.1, 0.15) is 0 Å². The Morgan fingerprint density at radius 1 is 0.897 bits per heavy atom. The van der Waals surface area contributed by atoms with Crippen LogP contribution in [0.15, 0.2) is 48.5 Å². The maximum Gasteiger partial charge on any atom is 0.224 e. The second kappa shape index (κ2) is 5.74. The lowest BCUT2D eigenvalue weighted by Gasteiger charge is -2.46. The summed E-state index contributed by atoms with van der Waals surface area (Å²) in [4.78, 5) is 13.7. The molecule has 1 N–H and O–H groups in total. The fourth-order valence-electron chi connectivity index (χ4n) is 7.59. The van der Waals surface area contributed by atoms with Gasteiger partial charge < -0.3 is 5.32 Å². The molecule has 0 unspecified atom stereocenters. The largest absolute Gasteiger partial charge is 0.353 e. The molecule has 2 aromatic rings. The summed E-state index contributed by atoms with van der Waals surface area (Å²) in [6.45, 7) is 7.26. The van der Waals surface area contributed by atoms with Gasteiger partial charge in [0.05, 0.1) is 0 Å². The van der Waals surface area contributed by atoms with E-state index in [1.807, 2.05) is 0 Å². The Morgan fingerprint density at radius 3 is 2.00 bits per heavy atom. The first-order valence-electron chi connectivity index (χ1n) is 11.4. The predicted octanol–water partition coefficient (Wildman–Crippen LogP) is 5.61. The minimum absolute atomic E-state index is 0.0515. The third kappa shape index (κ3) is 2.15. The number of carbonyl (C=O) groups excluding carboxylic acids is 1. The Kier molecular flexibility index (Phi) is 3.51. The van der Waals surface area contributed by atoms with Crippen molar-refractivity contribution < 1.29 is 4.79 Å². The molecule has 29 heavy (non-hydrogen) atoms. The van der Waals surface area contributed by atoms with Gasteiger partial charge in [-0.1, -0.05) is 69.3 Å². The van der Waals surface area contributed by atoms with Crippen molar-refractivity contribution in [2.75, 3.05) is 0 Å². The molecule has 4 atom stereocenters. The lowest BCUT2D eigenvalue weighted by Crippen LogP contribution is -2.50. The van der Waals surface area contributed by atoms with Crippen LogP contribution in [0.25, 0.3) is 0 Å². The molecule has 0 heterocycles. The molecule has 2 fully saturated rings. The van der Waals surface area contributed by atoms with Crippen LogP contribution in [0.1, 0.15) is 80.5 Å². The van der Waals surface area contributed by atoms with E-state index in [2.05, 4.69) is 74.6 Å². The van der Waals surface area contributed by atoms with E-state index >= 15 is 0 Å². The van der Waals surface area contributed by atoms with Crippen LogP contribution < -0.4 is 5.32 Å². The van der Waals surface area contributed by atoms with Crippen LogP contribution in [0, 0.1) is 22.7 Å². The Balaban J connectivity index is 1.34. The minimum Gasteiger partial charge on any atom is -0.353 e. The smallest absolute Gasteiger partial charge is 0.224 e. The molecule has 0 spiro atoms. The normalized spacial score (nSPS) is 37.8. The summed E-state index contributed by atoms with van der Waals surface area (Å²) in [5.41, 5.74) is 6.19. The molecule has 0 saturated heterocycles. The van der Waals surface area contributed by atoms with Crippen molar-refractivity contribution in [1.29, 1.82) is 0 Å². The number of rotatable bonds is 2. The summed E-state index contributed by atoms with van der Waals surface area (Å²) in [5, 5.41) is 3.58. The molecule has 1 amide bonds. The van der Waals surface area contributed by atoms with Crippen LogP contribution in [-0.2, 0) is 4.79 Å². The van der Waals surface area contributed by atoms with Gasteiger partial charge in [-0.2, -0.15) is 0 Å². The summed E-state index contributed by atoms with van der Waals surface area (Å²) in [6, 6.07) is 18.0. The number of fused-ring (bicyclic) bond motifs is 3. The van der Waals surface area contributed by atoms with Gasteiger partial charge in [-0.3, -0.25) is 4.79 Å². The number of carbonyl (C=O) groups is 1. The SMILES string of the molecule is CC1(C)[C@H]2CC[C@@]1(C)[C@H](NC(=O)[C@@H]1CC3c4ccccc4C1c1ccccc13)C2. The second-order valence-electron chi connectivity index (χ2n) is 10.8. The van der Waals surface area contributed by atoms with Gasteiger partial charge in [-0.05, 0) is 64.7 Å². The fraction of sp³-hybridized carbons (Fsp3) is 0.519. The van der Waals surface area contributed by atoms with Crippen molar-refractivity contribution >= 4 is 5.91 Å². The molecule has 0 radical (unpaired) electrons. The standard InChI is InChI=1S/C27H31NO/c1-26(2)16-12-13-27(26,3)23(14-16)28-25(29)22-15-21-17-8-4-6-10-19(17)24(22)20-11-7-5-9-18(20)21/h4-11,16,21-24H,12-15H2,1-3H3,(H,28,29)/t16-,21?,22+,23+,24?,27-/m0/s1. The van der Waals surface area contributed by atoms with E-state index in [-0.39, 0.29) is 17.3 Å². The molecular formula is C27H31NO. The molecule has 2 heteroatoms. The highest BCUT2D eigenvalue weighted by Crippen LogP contribution is 2.65. The molecule has 2 saturated carbocycles. The van der Waals surface area contributed by atoms with Gasteiger partial charge in [0.2, 0.25) is 5.91 Å². The lowest BCUT2D eigenvalue weighted by atomic mass is 9.59. The summed E-state index contributed by atoms with van der Waals surface area (Å²) >= 11 is 0. The first-order valence-corrected chi connectivity index (χ1v) is 11.4. The topological polar surface area (TPSA) is 29.1 Å². The number of hydrogen-bond donors (Lipinski definition) is 1. The van der Waals surface area contributed by atoms with Crippen molar-refractivity contribution in [2.45, 2.75) is 64.3 Å². The Labute approximate surface area is 174 Å². The van der Waals surface area contributed by atoms with Gasteiger partial charge in [0.25, 0.3) is 0 Å². The van der Waals surface area contributed by atoms with Crippen molar-refractivity contribution in [3.05, 3.63) is 70.8 Å². The van der Waals surface area contributed by atoms with Gasteiger partial charge in [0.15, 0.2) is 0 Å². The highest BCUT2D eigenvalue weighted by Gasteiger charge is 2.62. The lowest BCUT2D eigenvalue weighted by molar-refractivity contribution is -0.128. The molecule has 5 aliphatic carbocycles. The summed E-state index contributed by atoms with van der Waals surface area (Å²) in [6.07, 6.45) is 4.67. The maximum atomic E-state index is 13.7. The van der Waals surface area contributed by atoms with Crippen LogP contribution in [0.4, 0.5) is 0 Å². The summed E-state index contributed by atoms with van der Waals surface area (Å²) in [7, 11) is 0. The van der Waals surface area contributed by atoms with E-state index in [1.54, 1.807) is 0 Å². The highest BCUT2D eigenvalue weighted by molar-refractivity contribution is 5.83. The molecule has 0 aliphatic heterocycles. The zero-order valence-electron chi connectivity index (χ0n) is 17.7. The Morgan fingerprint density at radius 2 is 1.48 bits per heavy atom. The second-order valence-corrected chi connectivity index (χ2v) is 10.8. The van der Waals surface area contributed by atoms with Gasteiger partial charge in [-0.25, -0.2) is 0 Å². The van der Waals surface area contributed by atoms with E-state index in [0.717, 1.165) is 18.8 Å². The predicted molar refractivity (Wildman–Crippen MR) is 116 cm³/mol. The van der Waals surface area contributed by atoms with Crippen LogP contribution >= 0.6 is 0 Å². The Hall–Kier alpha value is -2.09. The van der Waals surface area contributed by atoms with Crippen LogP contribution in [-0.4, -0.2) is 11.9 Å². The first-order chi connectivity index (χ1) is 13.9. The molecule has 2 aromatic carbocycles. The number of nitrogens with one attached hydrogen (secondary N) is 1. The van der Waals surface area contributed by atoms with Crippen LogP contribution in [0.2, 0.25) is 0 Å². The van der Waals surface area contributed by atoms with Crippen molar-refractivity contribution in [3.8, 4) is 0 Å². The third-order valence-corrected chi connectivity index (χ3v) is 9.75. The van der Waals surface area contributed by atoms with Crippen molar-refractivity contribution in [2.24, 2.45) is 22.7 Å². The van der Waals surface area contributed by atoms with E-state index < -0.39 is 0 Å². The Bertz CT molecular complexity index is 960. The number of benzene rings is 2. The van der Waals surface area contributed by atoms with E-state index in [0.29, 0.717) is 23.3 Å². The van der Waals surface area contributed by atoms with E-state index in [4.69, 9.17) is 0 Å². The van der Waals surface area contributed by atoms with E-state index in [9.17, 15) is 4.79 Å². The summed E-state index contributed by atoms with van der Waals surface area (Å²) < 4.78 is 0. The van der Waals surface area contributed by atoms with Crippen molar-refractivity contribution in [1.82, 2.24) is 5.32 Å². The average Bonchev–Trinajstić information content (AvgIpc) is 3.07. The monoisotopic (exact) mass is 385 g/mol. The first kappa shape index (κ1) is 17.7. The molecule has 2 nitrogen and oxygen atoms in total. The average molecular weight is 386 g/mol. The van der Waals surface area contributed by atoms with Crippen molar-refractivity contribution in [3.63, 3.8) is 0 Å². The number of hydrogen-bond acceptors (Lipinski definition) is 1. The van der Waals surface area contributed by atoms with Crippen LogP contribution in [0.5, 0.6) is 0 Å². The van der Waals surface area contributed by atoms with Crippen LogP contribution in [0.3, 0.4) is 0 Å². The zero-order chi connectivity index (χ0) is 20.0.